The second kappa shape index (κ2) is 4.49. The molecule has 0 unspecified atom stereocenters. The number of hydrogen-bond donors (Lipinski definition) is 2. The molecule has 1 aliphatic carbocycles. The molecule has 0 aromatic heterocycles. The highest BCUT2D eigenvalue weighted by Gasteiger charge is 2.25. The molecule has 1 aromatic rings. The average molecular weight is 233 g/mol. The molecule has 2 N–H and O–H groups in total. The lowest BCUT2D eigenvalue weighted by Crippen LogP contribution is -2.37. The molecule has 0 aliphatic heterocycles. The van der Waals surface area contributed by atoms with Crippen LogP contribution in [0.25, 0.3) is 0 Å². The molecule has 1 amide bonds. The number of carbonyl (C=O) groups excluding carboxylic acids is 1. The van der Waals surface area contributed by atoms with Crippen molar-refractivity contribution < 1.29 is 9.90 Å². The number of nitrogens with one attached hydrogen (secondary N) is 1. The van der Waals surface area contributed by atoms with E-state index in [1.807, 2.05) is 12.1 Å². The van der Waals surface area contributed by atoms with Crippen LogP contribution >= 0.6 is 0 Å². The second-order valence-electron chi connectivity index (χ2n) is 5.16. The maximum absolute atomic E-state index is 11.8. The fourth-order valence-corrected chi connectivity index (χ4v) is 2.17. The molecular weight excluding hydrogens is 214 g/mol. The van der Waals surface area contributed by atoms with Crippen molar-refractivity contribution in [2.75, 3.05) is 5.32 Å². The summed E-state index contributed by atoms with van der Waals surface area (Å²) in [5, 5.41) is 12.5. The number of hydrogen-bond acceptors (Lipinski definition) is 2. The minimum atomic E-state index is -1.34. The van der Waals surface area contributed by atoms with Crippen LogP contribution in [-0.2, 0) is 17.6 Å². The van der Waals surface area contributed by atoms with Gasteiger partial charge in [-0.1, -0.05) is 12.1 Å². The van der Waals surface area contributed by atoms with Crippen LogP contribution in [0.1, 0.15) is 37.8 Å². The van der Waals surface area contributed by atoms with E-state index < -0.39 is 5.60 Å². The van der Waals surface area contributed by atoms with Gasteiger partial charge in [0.15, 0.2) is 0 Å². The van der Waals surface area contributed by atoms with Crippen LogP contribution in [0.15, 0.2) is 18.2 Å². The van der Waals surface area contributed by atoms with Crippen LogP contribution in [0.5, 0.6) is 0 Å². The van der Waals surface area contributed by atoms with Crippen molar-refractivity contribution in [2.45, 2.75) is 45.1 Å². The van der Waals surface area contributed by atoms with Gasteiger partial charge in [-0.25, -0.2) is 0 Å². The molecule has 0 heterocycles. The van der Waals surface area contributed by atoms with Crippen molar-refractivity contribution >= 4 is 11.6 Å². The molecule has 1 aliphatic rings. The van der Waals surface area contributed by atoms with Gasteiger partial charge in [0.05, 0.1) is 0 Å². The first kappa shape index (κ1) is 12.1. The van der Waals surface area contributed by atoms with Gasteiger partial charge in [0, 0.05) is 5.69 Å². The number of benzene rings is 1. The van der Waals surface area contributed by atoms with Gasteiger partial charge in [-0.3, -0.25) is 4.79 Å². The molecule has 2 rings (SSSR count). The van der Waals surface area contributed by atoms with Gasteiger partial charge >= 0.3 is 0 Å². The Morgan fingerprint density at radius 1 is 1.29 bits per heavy atom. The van der Waals surface area contributed by atoms with Crippen molar-refractivity contribution in [2.24, 2.45) is 0 Å². The van der Waals surface area contributed by atoms with Gasteiger partial charge in [0.1, 0.15) is 5.60 Å². The molecule has 0 saturated carbocycles. The van der Waals surface area contributed by atoms with Gasteiger partial charge in [-0.15, -0.1) is 0 Å². The number of anilines is 1. The van der Waals surface area contributed by atoms with Crippen LogP contribution in [0, 0.1) is 0 Å². The summed E-state index contributed by atoms with van der Waals surface area (Å²) in [7, 11) is 0. The van der Waals surface area contributed by atoms with Gasteiger partial charge < -0.3 is 10.4 Å². The molecule has 0 fully saturated rings. The summed E-state index contributed by atoms with van der Waals surface area (Å²) >= 11 is 0. The third-order valence-electron chi connectivity index (χ3n) is 3.20. The minimum absolute atomic E-state index is 0.350. The first-order valence-corrected chi connectivity index (χ1v) is 6.13. The van der Waals surface area contributed by atoms with Crippen molar-refractivity contribution in [3.8, 4) is 0 Å². The van der Waals surface area contributed by atoms with E-state index in [9.17, 15) is 9.90 Å². The van der Waals surface area contributed by atoms with Crippen molar-refractivity contribution in [1.82, 2.24) is 0 Å². The third kappa shape index (κ3) is 2.67. The highest BCUT2D eigenvalue weighted by atomic mass is 16.3. The van der Waals surface area contributed by atoms with Crippen LogP contribution in [-0.4, -0.2) is 16.6 Å². The Morgan fingerprint density at radius 2 is 2.00 bits per heavy atom. The van der Waals surface area contributed by atoms with Crippen LogP contribution in [0.2, 0.25) is 0 Å². The minimum Gasteiger partial charge on any atom is -0.381 e. The van der Waals surface area contributed by atoms with Gasteiger partial charge in [-0.2, -0.15) is 0 Å². The lowest BCUT2D eigenvalue weighted by Gasteiger charge is -2.22. The fraction of sp³-hybridized carbons (Fsp3) is 0.500. The van der Waals surface area contributed by atoms with E-state index in [-0.39, 0.29) is 5.91 Å². The van der Waals surface area contributed by atoms with Gasteiger partial charge in [0.25, 0.3) is 5.91 Å². The zero-order chi connectivity index (χ0) is 12.5. The average Bonchev–Trinajstić information content (AvgIpc) is 2.28. The number of carbonyl (C=O) groups is 1. The Balaban J connectivity index is 2.25. The molecule has 17 heavy (non-hydrogen) atoms. The third-order valence-corrected chi connectivity index (χ3v) is 3.20. The number of amides is 1. The quantitative estimate of drug-likeness (QED) is 0.823. The Morgan fingerprint density at radius 3 is 2.71 bits per heavy atom. The highest BCUT2D eigenvalue weighted by Crippen LogP contribution is 2.28. The molecule has 92 valence electrons. The summed E-state index contributed by atoms with van der Waals surface area (Å²) in [5.41, 5.74) is 2.08. The molecule has 0 spiro atoms. The Bertz CT molecular complexity index is 432. The number of fused-ring (bicyclic) bond motifs is 1. The molecule has 3 heteroatoms. The summed E-state index contributed by atoms with van der Waals surface area (Å²) in [6.07, 6.45) is 4.48. The summed E-state index contributed by atoms with van der Waals surface area (Å²) in [4.78, 5) is 11.8. The molecular formula is C14H19NO2. The van der Waals surface area contributed by atoms with E-state index in [0.717, 1.165) is 18.5 Å². The summed E-state index contributed by atoms with van der Waals surface area (Å²) in [5.74, 6) is -0.350. The zero-order valence-corrected chi connectivity index (χ0v) is 10.4. The SMILES string of the molecule is CC(C)(O)C(=O)Nc1cccc2c1CCCC2. The highest BCUT2D eigenvalue weighted by molar-refractivity contribution is 5.97. The van der Waals surface area contributed by atoms with E-state index in [2.05, 4.69) is 11.4 Å². The summed E-state index contributed by atoms with van der Waals surface area (Å²) in [6.45, 7) is 3.00. The van der Waals surface area contributed by atoms with Crippen molar-refractivity contribution in [3.63, 3.8) is 0 Å². The fourth-order valence-electron chi connectivity index (χ4n) is 2.17. The standard InChI is InChI=1S/C14H19NO2/c1-14(2,17)13(16)15-12-9-5-7-10-6-3-4-8-11(10)12/h5,7,9,17H,3-4,6,8H2,1-2H3,(H,15,16). The summed E-state index contributed by atoms with van der Waals surface area (Å²) in [6, 6.07) is 5.99. The van der Waals surface area contributed by atoms with E-state index in [4.69, 9.17) is 0 Å². The summed E-state index contributed by atoms with van der Waals surface area (Å²) < 4.78 is 0. The predicted octanol–water partition coefficient (Wildman–Crippen LogP) is 2.27. The molecule has 3 nitrogen and oxygen atoms in total. The second-order valence-corrected chi connectivity index (χ2v) is 5.16. The molecule has 1 aromatic carbocycles. The van der Waals surface area contributed by atoms with E-state index in [1.54, 1.807) is 0 Å². The largest absolute Gasteiger partial charge is 0.381 e. The lowest BCUT2D eigenvalue weighted by atomic mass is 9.90. The topological polar surface area (TPSA) is 49.3 Å². The number of aliphatic hydroxyl groups is 1. The maximum atomic E-state index is 11.8. The van der Waals surface area contributed by atoms with Crippen LogP contribution < -0.4 is 5.32 Å². The van der Waals surface area contributed by atoms with Gasteiger partial charge in [0.2, 0.25) is 0 Å². The monoisotopic (exact) mass is 233 g/mol. The first-order chi connectivity index (χ1) is 7.98. The van der Waals surface area contributed by atoms with Crippen molar-refractivity contribution in [3.05, 3.63) is 29.3 Å². The van der Waals surface area contributed by atoms with Crippen molar-refractivity contribution in [1.29, 1.82) is 0 Å². The lowest BCUT2D eigenvalue weighted by molar-refractivity contribution is -0.130. The molecule has 0 radical (unpaired) electrons. The number of rotatable bonds is 2. The van der Waals surface area contributed by atoms with E-state index in [1.165, 1.54) is 37.8 Å². The first-order valence-electron chi connectivity index (χ1n) is 6.13. The molecule has 0 bridgehead atoms. The van der Waals surface area contributed by atoms with E-state index in [0.29, 0.717) is 0 Å². The Hall–Kier alpha value is -1.35. The Kier molecular flexibility index (Phi) is 3.20. The molecule has 0 saturated heterocycles. The normalized spacial score (nSPS) is 15.2. The van der Waals surface area contributed by atoms with Crippen LogP contribution in [0.4, 0.5) is 5.69 Å². The van der Waals surface area contributed by atoms with Gasteiger partial charge in [-0.05, 0) is 56.7 Å². The molecule has 0 atom stereocenters. The zero-order valence-electron chi connectivity index (χ0n) is 10.4. The predicted molar refractivity (Wildman–Crippen MR) is 68.0 cm³/mol. The van der Waals surface area contributed by atoms with E-state index >= 15 is 0 Å². The number of aryl methyl sites for hydroxylation is 1. The van der Waals surface area contributed by atoms with Crippen LogP contribution in [0.3, 0.4) is 0 Å². The Labute approximate surface area is 102 Å². The maximum Gasteiger partial charge on any atom is 0.255 e. The smallest absolute Gasteiger partial charge is 0.255 e.